The molecule has 0 radical (unpaired) electrons. The first-order chi connectivity index (χ1) is 7.52. The first-order valence-electron chi connectivity index (χ1n) is 4.38. The predicted octanol–water partition coefficient (Wildman–Crippen LogP) is 1.21. The Kier molecular flexibility index (Phi) is 4.69. The van der Waals surface area contributed by atoms with Crippen LogP contribution in [0.25, 0.3) is 0 Å². The largest absolute Gasteiger partial charge is 0.453 e. The van der Waals surface area contributed by atoms with Gasteiger partial charge in [0.25, 0.3) is 0 Å². The number of ether oxygens (including phenoxy) is 1. The Hall–Kier alpha value is -1.15. The average Bonchev–Trinajstić information content (AvgIpc) is 2.63. The van der Waals surface area contributed by atoms with Gasteiger partial charge < -0.3 is 4.74 Å². The van der Waals surface area contributed by atoms with Crippen LogP contribution in [0.3, 0.4) is 0 Å². The number of aryl methyl sites for hydroxylation is 1. The number of carbonyl (C=O) groups excluding carboxylic acids is 2. The Morgan fingerprint density at radius 3 is 2.69 bits per heavy atom. The molecule has 0 spiro atoms. The van der Waals surface area contributed by atoms with Crippen LogP contribution < -0.4 is 5.32 Å². The predicted molar refractivity (Wildman–Crippen MR) is 60.5 cm³/mol. The highest BCUT2D eigenvalue weighted by atomic mass is 32.2. The molecule has 0 saturated carbocycles. The molecular weight excluding hydrogens is 250 g/mol. The molecule has 0 aliphatic heterocycles. The van der Waals surface area contributed by atoms with Crippen LogP contribution >= 0.6 is 23.1 Å². The van der Waals surface area contributed by atoms with E-state index in [2.05, 4.69) is 20.3 Å². The van der Waals surface area contributed by atoms with Crippen LogP contribution in [-0.2, 0) is 9.53 Å². The molecule has 1 aromatic rings. The zero-order chi connectivity index (χ0) is 12.1. The average molecular weight is 261 g/mol. The molecule has 0 unspecified atom stereocenters. The van der Waals surface area contributed by atoms with Crippen molar-refractivity contribution in [1.29, 1.82) is 0 Å². The molecule has 8 heteroatoms. The van der Waals surface area contributed by atoms with Gasteiger partial charge in [-0.3, -0.25) is 10.1 Å². The standard InChI is InChI=1S/C8H11N3O3S2/c1-4(6(12)9-7(13)14-3)15-8-11-10-5(2)16-8/h4H,1-3H3,(H,9,12,13)/t4-/m0/s1. The summed E-state index contributed by atoms with van der Waals surface area (Å²) in [5.74, 6) is -0.412. The Morgan fingerprint density at radius 2 is 2.19 bits per heavy atom. The third-order valence-corrected chi connectivity index (χ3v) is 3.59. The van der Waals surface area contributed by atoms with Crippen molar-refractivity contribution >= 4 is 35.1 Å². The van der Waals surface area contributed by atoms with Gasteiger partial charge in [-0.1, -0.05) is 23.1 Å². The van der Waals surface area contributed by atoms with Crippen molar-refractivity contribution < 1.29 is 14.3 Å². The number of carbonyl (C=O) groups is 2. The Morgan fingerprint density at radius 1 is 1.50 bits per heavy atom. The van der Waals surface area contributed by atoms with E-state index >= 15 is 0 Å². The minimum absolute atomic E-state index is 0.412. The Bertz CT molecular complexity index is 394. The lowest BCUT2D eigenvalue weighted by atomic mass is 10.4. The van der Waals surface area contributed by atoms with E-state index in [4.69, 9.17) is 0 Å². The zero-order valence-corrected chi connectivity index (χ0v) is 10.6. The van der Waals surface area contributed by atoms with Crippen molar-refractivity contribution in [3.8, 4) is 0 Å². The summed E-state index contributed by atoms with van der Waals surface area (Å²) in [5, 5.41) is 10.2. The molecule has 1 N–H and O–H groups in total. The number of methoxy groups -OCH3 is 1. The van der Waals surface area contributed by atoms with Crippen LogP contribution in [0.5, 0.6) is 0 Å². The first kappa shape index (κ1) is 12.9. The van der Waals surface area contributed by atoms with E-state index in [0.717, 1.165) is 5.01 Å². The second kappa shape index (κ2) is 5.80. The fraction of sp³-hybridized carbons (Fsp3) is 0.500. The van der Waals surface area contributed by atoms with Crippen LogP contribution in [-0.4, -0.2) is 34.6 Å². The number of nitrogens with zero attached hydrogens (tertiary/aromatic N) is 2. The fourth-order valence-electron chi connectivity index (χ4n) is 0.784. The lowest BCUT2D eigenvalue weighted by molar-refractivity contribution is -0.119. The van der Waals surface area contributed by atoms with E-state index in [9.17, 15) is 9.59 Å². The summed E-state index contributed by atoms with van der Waals surface area (Å²) in [4.78, 5) is 22.2. The van der Waals surface area contributed by atoms with Gasteiger partial charge in [0.15, 0.2) is 4.34 Å². The molecule has 1 rings (SSSR count). The highest BCUT2D eigenvalue weighted by molar-refractivity contribution is 8.02. The molecule has 0 aliphatic carbocycles. The summed E-state index contributed by atoms with van der Waals surface area (Å²) < 4.78 is 5.02. The first-order valence-corrected chi connectivity index (χ1v) is 6.08. The van der Waals surface area contributed by atoms with E-state index in [1.54, 1.807) is 6.92 Å². The number of imide groups is 1. The number of hydrogen-bond acceptors (Lipinski definition) is 7. The van der Waals surface area contributed by atoms with E-state index in [1.165, 1.54) is 30.2 Å². The van der Waals surface area contributed by atoms with Gasteiger partial charge in [-0.25, -0.2) is 4.79 Å². The monoisotopic (exact) mass is 261 g/mol. The lowest BCUT2D eigenvalue weighted by Gasteiger charge is -2.07. The summed E-state index contributed by atoms with van der Waals surface area (Å²) in [6, 6.07) is 0. The van der Waals surface area contributed by atoms with Crippen molar-refractivity contribution in [1.82, 2.24) is 15.5 Å². The van der Waals surface area contributed by atoms with Crippen molar-refractivity contribution in [2.75, 3.05) is 7.11 Å². The second-order valence-electron chi connectivity index (χ2n) is 2.83. The highest BCUT2D eigenvalue weighted by Crippen LogP contribution is 2.26. The van der Waals surface area contributed by atoms with Gasteiger partial charge in [0.2, 0.25) is 5.91 Å². The maximum Gasteiger partial charge on any atom is 0.413 e. The fourth-order valence-corrected chi connectivity index (χ4v) is 2.74. The SMILES string of the molecule is COC(=O)NC(=O)[C@H](C)Sc1nnc(C)s1. The second-order valence-corrected chi connectivity index (χ2v) is 5.60. The topological polar surface area (TPSA) is 81.2 Å². The third kappa shape index (κ3) is 3.78. The highest BCUT2D eigenvalue weighted by Gasteiger charge is 2.18. The Labute approximate surface area is 101 Å². The van der Waals surface area contributed by atoms with E-state index in [0.29, 0.717) is 4.34 Å². The number of rotatable bonds is 3. The van der Waals surface area contributed by atoms with Gasteiger partial charge in [0, 0.05) is 0 Å². The summed E-state index contributed by atoms with van der Waals surface area (Å²) in [6.07, 6.45) is -0.758. The van der Waals surface area contributed by atoms with Gasteiger partial charge in [0.05, 0.1) is 12.4 Å². The lowest BCUT2D eigenvalue weighted by Crippen LogP contribution is -2.35. The summed E-state index contributed by atoms with van der Waals surface area (Å²) in [6.45, 7) is 3.51. The van der Waals surface area contributed by atoms with Crippen molar-refractivity contribution in [2.24, 2.45) is 0 Å². The minimum Gasteiger partial charge on any atom is -0.453 e. The van der Waals surface area contributed by atoms with Gasteiger partial charge in [-0.15, -0.1) is 10.2 Å². The molecule has 1 aromatic heterocycles. The Balaban J connectivity index is 2.48. The minimum atomic E-state index is -0.758. The molecular formula is C8H11N3O3S2. The van der Waals surface area contributed by atoms with Crippen LogP contribution in [0, 0.1) is 6.92 Å². The maximum absolute atomic E-state index is 11.4. The molecule has 88 valence electrons. The van der Waals surface area contributed by atoms with Crippen molar-refractivity contribution in [3.05, 3.63) is 5.01 Å². The van der Waals surface area contributed by atoms with E-state index in [-0.39, 0.29) is 0 Å². The van der Waals surface area contributed by atoms with E-state index < -0.39 is 17.3 Å². The molecule has 1 atom stereocenters. The van der Waals surface area contributed by atoms with Crippen LogP contribution in [0.4, 0.5) is 4.79 Å². The third-order valence-electron chi connectivity index (χ3n) is 1.56. The van der Waals surface area contributed by atoms with Gasteiger partial charge >= 0.3 is 6.09 Å². The molecule has 16 heavy (non-hydrogen) atoms. The molecule has 1 heterocycles. The number of amides is 2. The summed E-state index contributed by atoms with van der Waals surface area (Å²) in [7, 11) is 1.20. The molecule has 0 bridgehead atoms. The number of nitrogens with one attached hydrogen (secondary N) is 1. The molecule has 6 nitrogen and oxygen atoms in total. The maximum atomic E-state index is 11.4. The zero-order valence-electron chi connectivity index (χ0n) is 9.01. The van der Waals surface area contributed by atoms with Crippen molar-refractivity contribution in [3.63, 3.8) is 0 Å². The molecule has 0 aliphatic rings. The normalized spacial score (nSPS) is 11.9. The van der Waals surface area contributed by atoms with Crippen LogP contribution in [0.15, 0.2) is 4.34 Å². The van der Waals surface area contributed by atoms with Crippen LogP contribution in [0.1, 0.15) is 11.9 Å². The molecule has 2 amide bonds. The van der Waals surface area contributed by atoms with E-state index in [1.807, 2.05) is 6.92 Å². The van der Waals surface area contributed by atoms with Crippen molar-refractivity contribution in [2.45, 2.75) is 23.4 Å². The molecule has 0 saturated heterocycles. The smallest absolute Gasteiger partial charge is 0.413 e. The van der Waals surface area contributed by atoms with Gasteiger partial charge in [0.1, 0.15) is 5.01 Å². The molecule has 0 aromatic carbocycles. The summed E-state index contributed by atoms with van der Waals surface area (Å²) >= 11 is 2.65. The van der Waals surface area contributed by atoms with Crippen LogP contribution in [0.2, 0.25) is 0 Å². The quantitative estimate of drug-likeness (QED) is 0.824. The van der Waals surface area contributed by atoms with Gasteiger partial charge in [-0.05, 0) is 13.8 Å². The molecule has 0 fully saturated rings. The number of aromatic nitrogens is 2. The van der Waals surface area contributed by atoms with Gasteiger partial charge in [-0.2, -0.15) is 0 Å². The number of alkyl carbamates (subject to hydrolysis) is 1. The summed E-state index contributed by atoms with van der Waals surface area (Å²) in [5.41, 5.74) is 0. The number of hydrogen-bond donors (Lipinski definition) is 1. The number of thioether (sulfide) groups is 1.